The summed E-state index contributed by atoms with van der Waals surface area (Å²) >= 11 is 0. The average Bonchev–Trinajstić information content (AvgIpc) is 3.45. The number of aliphatic hydroxyl groups is 1. The summed E-state index contributed by atoms with van der Waals surface area (Å²) in [4.78, 5) is 43.2. The third-order valence-corrected chi connectivity index (χ3v) is 6.90. The highest BCUT2D eigenvalue weighted by Crippen LogP contribution is 2.58. The number of carbonyl (C=O) groups excluding carboxylic acids is 3. The molecule has 0 aromatic heterocycles. The molecule has 1 N–H and O–H groups in total. The summed E-state index contributed by atoms with van der Waals surface area (Å²) in [6.07, 6.45) is 2.19. The molecular weight excluding hydrogens is 428 g/mol. The lowest BCUT2D eigenvalue weighted by Gasteiger charge is -2.36. The second kappa shape index (κ2) is 9.15. The van der Waals surface area contributed by atoms with Gasteiger partial charge in [-0.05, 0) is 44.0 Å². The van der Waals surface area contributed by atoms with Crippen LogP contribution in [0.25, 0.3) is 0 Å². The fourth-order valence-electron chi connectivity index (χ4n) is 5.65. The van der Waals surface area contributed by atoms with Crippen molar-refractivity contribution in [1.82, 2.24) is 4.90 Å². The Morgan fingerprint density at radius 1 is 1.36 bits per heavy atom. The Balaban J connectivity index is 1.73. The number of hydrogen-bond donors (Lipinski definition) is 1. The van der Waals surface area contributed by atoms with Gasteiger partial charge in [0.2, 0.25) is 5.91 Å². The molecule has 3 heterocycles. The second-order valence-corrected chi connectivity index (χ2v) is 8.50. The summed E-state index contributed by atoms with van der Waals surface area (Å²) in [6.45, 7) is 5.57. The van der Waals surface area contributed by atoms with Crippen molar-refractivity contribution in [3.8, 4) is 5.75 Å². The number of β-amino-alcohol motifs (C(OH)–C–C–N with tert-alkyl or cyclic N) is 1. The minimum absolute atomic E-state index is 0.0262. The fraction of sp³-hybridized carbons (Fsp3) is 0.542. The number of carbonyl (C=O) groups is 3. The number of ether oxygens (including phenoxy) is 3. The number of anilines is 1. The van der Waals surface area contributed by atoms with E-state index in [1.165, 1.54) is 4.90 Å². The van der Waals surface area contributed by atoms with Crippen molar-refractivity contribution in [2.75, 3.05) is 38.3 Å². The third kappa shape index (κ3) is 3.59. The van der Waals surface area contributed by atoms with Gasteiger partial charge in [0.1, 0.15) is 17.4 Å². The molecule has 5 atom stereocenters. The van der Waals surface area contributed by atoms with Gasteiger partial charge in [-0.1, -0.05) is 6.08 Å². The van der Waals surface area contributed by atoms with E-state index in [0.717, 1.165) is 0 Å². The number of nitrogens with zero attached hydrogens (tertiary/aromatic N) is 2. The Morgan fingerprint density at radius 2 is 2.09 bits per heavy atom. The zero-order valence-corrected chi connectivity index (χ0v) is 18.9. The number of aliphatic hydroxyl groups excluding tert-OH is 1. The Hall–Kier alpha value is -2.91. The SMILES string of the molecule is C=CCN(C(=O)[C@H]1N(CCO)C(=O)[C@@H]2[C@@H](C(=O)OCC)[C@H]3CC[C@]21O3)c1ccc(OC)cc1. The van der Waals surface area contributed by atoms with E-state index in [0.29, 0.717) is 24.3 Å². The van der Waals surface area contributed by atoms with E-state index in [1.807, 2.05) is 0 Å². The molecule has 0 unspecified atom stereocenters. The number of benzene rings is 1. The predicted molar refractivity (Wildman–Crippen MR) is 119 cm³/mol. The minimum Gasteiger partial charge on any atom is -0.497 e. The molecule has 178 valence electrons. The molecule has 3 saturated heterocycles. The van der Waals surface area contributed by atoms with Crippen LogP contribution in [0.5, 0.6) is 5.75 Å². The number of fused-ring (bicyclic) bond motifs is 1. The van der Waals surface area contributed by atoms with Crippen molar-refractivity contribution >= 4 is 23.5 Å². The zero-order valence-electron chi connectivity index (χ0n) is 18.9. The monoisotopic (exact) mass is 458 g/mol. The van der Waals surface area contributed by atoms with Gasteiger partial charge in [0.25, 0.3) is 5.91 Å². The fourth-order valence-corrected chi connectivity index (χ4v) is 5.65. The minimum atomic E-state index is -1.13. The highest BCUT2D eigenvalue weighted by molar-refractivity contribution is 6.04. The van der Waals surface area contributed by atoms with E-state index in [2.05, 4.69) is 6.58 Å². The molecular formula is C24H30N2O7. The van der Waals surface area contributed by atoms with Gasteiger partial charge in [0, 0.05) is 18.8 Å². The van der Waals surface area contributed by atoms with Crippen LogP contribution in [-0.4, -0.2) is 79.0 Å². The molecule has 1 aromatic carbocycles. The van der Waals surface area contributed by atoms with E-state index in [9.17, 15) is 19.5 Å². The first-order valence-corrected chi connectivity index (χ1v) is 11.3. The molecule has 3 aliphatic rings. The molecule has 0 saturated carbocycles. The van der Waals surface area contributed by atoms with Gasteiger partial charge in [0.15, 0.2) is 0 Å². The Bertz CT molecular complexity index is 933. The summed E-state index contributed by atoms with van der Waals surface area (Å²) in [5, 5.41) is 9.67. The van der Waals surface area contributed by atoms with Gasteiger partial charge in [-0.3, -0.25) is 14.4 Å². The first kappa shape index (κ1) is 23.3. The third-order valence-electron chi connectivity index (χ3n) is 6.90. The molecule has 3 aliphatic heterocycles. The maximum atomic E-state index is 14.0. The standard InChI is InChI=1S/C24H30N2O7/c1-4-12-25(15-6-8-16(31-3)9-7-15)22(29)20-24-11-10-17(33-24)18(23(30)32-5-2)19(24)21(28)26(20)13-14-27/h4,6-9,17-20,27H,1,5,10-14H2,2-3H3/t17-,18+,19+,20-,24+/m1/s1. The average molecular weight is 459 g/mol. The quantitative estimate of drug-likeness (QED) is 0.437. The van der Waals surface area contributed by atoms with Crippen LogP contribution < -0.4 is 9.64 Å². The molecule has 4 rings (SSSR count). The molecule has 9 heteroatoms. The largest absolute Gasteiger partial charge is 0.497 e. The van der Waals surface area contributed by atoms with Crippen LogP contribution in [-0.2, 0) is 23.9 Å². The van der Waals surface area contributed by atoms with Gasteiger partial charge in [0.05, 0.1) is 38.3 Å². The lowest BCUT2D eigenvalue weighted by Crippen LogP contribution is -2.56. The highest BCUT2D eigenvalue weighted by atomic mass is 16.6. The first-order valence-electron chi connectivity index (χ1n) is 11.3. The lowest BCUT2D eigenvalue weighted by atomic mass is 9.70. The van der Waals surface area contributed by atoms with Crippen LogP contribution in [0.2, 0.25) is 0 Å². The molecule has 9 nitrogen and oxygen atoms in total. The van der Waals surface area contributed by atoms with Crippen molar-refractivity contribution in [1.29, 1.82) is 0 Å². The molecule has 0 aliphatic carbocycles. The smallest absolute Gasteiger partial charge is 0.312 e. The zero-order chi connectivity index (χ0) is 23.8. The maximum Gasteiger partial charge on any atom is 0.312 e. The molecule has 3 fully saturated rings. The number of esters is 1. The molecule has 1 spiro atoms. The maximum absolute atomic E-state index is 14.0. The van der Waals surface area contributed by atoms with E-state index in [4.69, 9.17) is 14.2 Å². The highest BCUT2D eigenvalue weighted by Gasteiger charge is 2.75. The van der Waals surface area contributed by atoms with E-state index in [-0.39, 0.29) is 38.1 Å². The van der Waals surface area contributed by atoms with Crippen molar-refractivity contribution < 1.29 is 33.7 Å². The van der Waals surface area contributed by atoms with Crippen LogP contribution >= 0.6 is 0 Å². The summed E-state index contributed by atoms with van der Waals surface area (Å²) in [5.41, 5.74) is -0.511. The number of methoxy groups -OCH3 is 1. The van der Waals surface area contributed by atoms with Gasteiger partial charge in [-0.2, -0.15) is 0 Å². The topological polar surface area (TPSA) is 106 Å². The number of likely N-dealkylation sites (tertiary alicyclic amines) is 1. The van der Waals surface area contributed by atoms with Gasteiger partial charge < -0.3 is 29.1 Å². The summed E-state index contributed by atoms with van der Waals surface area (Å²) < 4.78 is 16.8. The molecule has 1 aromatic rings. The first-order chi connectivity index (χ1) is 15.9. The Kier molecular flexibility index (Phi) is 6.45. The van der Waals surface area contributed by atoms with Crippen molar-refractivity contribution in [3.05, 3.63) is 36.9 Å². The summed E-state index contributed by atoms with van der Waals surface area (Å²) in [7, 11) is 1.56. The van der Waals surface area contributed by atoms with Crippen LogP contribution in [0.3, 0.4) is 0 Å². The van der Waals surface area contributed by atoms with E-state index >= 15 is 0 Å². The summed E-state index contributed by atoms with van der Waals surface area (Å²) in [6, 6.07) is 6.06. The van der Waals surface area contributed by atoms with Crippen LogP contribution in [0.1, 0.15) is 19.8 Å². The van der Waals surface area contributed by atoms with Gasteiger partial charge in [-0.15, -0.1) is 6.58 Å². The van der Waals surface area contributed by atoms with Crippen molar-refractivity contribution in [2.45, 2.75) is 37.5 Å². The van der Waals surface area contributed by atoms with Crippen LogP contribution in [0.4, 0.5) is 5.69 Å². The predicted octanol–water partition coefficient (Wildman–Crippen LogP) is 1.14. The normalized spacial score (nSPS) is 29.7. The lowest BCUT2D eigenvalue weighted by molar-refractivity contribution is -0.154. The Labute approximate surface area is 192 Å². The molecule has 0 radical (unpaired) electrons. The van der Waals surface area contributed by atoms with Gasteiger partial charge in [-0.25, -0.2) is 0 Å². The number of amides is 2. The van der Waals surface area contributed by atoms with E-state index in [1.54, 1.807) is 49.3 Å². The van der Waals surface area contributed by atoms with Crippen molar-refractivity contribution in [3.63, 3.8) is 0 Å². The molecule has 2 amide bonds. The van der Waals surface area contributed by atoms with Crippen LogP contribution in [0, 0.1) is 11.8 Å². The number of rotatable bonds is 9. The van der Waals surface area contributed by atoms with E-state index < -0.39 is 35.6 Å². The van der Waals surface area contributed by atoms with Gasteiger partial charge >= 0.3 is 5.97 Å². The summed E-state index contributed by atoms with van der Waals surface area (Å²) in [5.74, 6) is -2.07. The van der Waals surface area contributed by atoms with Crippen LogP contribution in [0.15, 0.2) is 36.9 Å². The van der Waals surface area contributed by atoms with Crippen molar-refractivity contribution in [2.24, 2.45) is 11.8 Å². The second-order valence-electron chi connectivity index (χ2n) is 8.50. The Morgan fingerprint density at radius 3 is 2.70 bits per heavy atom. The number of hydrogen-bond acceptors (Lipinski definition) is 7. The molecule has 33 heavy (non-hydrogen) atoms. The molecule has 2 bridgehead atoms.